The largest absolute Gasteiger partial charge is 0.396 e. The summed E-state index contributed by atoms with van der Waals surface area (Å²) in [6, 6.07) is 0.799. The lowest BCUT2D eigenvalue weighted by atomic mass is 9.69. The molecule has 2 fully saturated rings. The molecule has 0 saturated heterocycles. The lowest BCUT2D eigenvalue weighted by Crippen LogP contribution is -2.51. The molecule has 2 atom stereocenters. The Balaban J connectivity index is 1.99. The molecule has 3 nitrogen and oxygen atoms in total. The molecule has 0 aliphatic heterocycles. The third-order valence-corrected chi connectivity index (χ3v) is 5.47. The highest BCUT2D eigenvalue weighted by Crippen LogP contribution is 2.41. The molecule has 3 heteroatoms. The monoisotopic (exact) mass is 282 g/mol. The van der Waals surface area contributed by atoms with Crippen molar-refractivity contribution in [1.82, 2.24) is 10.2 Å². The van der Waals surface area contributed by atoms with E-state index >= 15 is 0 Å². The number of nitrogens with one attached hydrogen (secondary N) is 1. The van der Waals surface area contributed by atoms with Gasteiger partial charge in [0.1, 0.15) is 0 Å². The Labute approximate surface area is 125 Å². The summed E-state index contributed by atoms with van der Waals surface area (Å²) in [6.07, 6.45) is 10.6. The van der Waals surface area contributed by atoms with Gasteiger partial charge in [-0.1, -0.05) is 26.2 Å². The third-order valence-electron chi connectivity index (χ3n) is 5.47. The van der Waals surface area contributed by atoms with E-state index in [0.717, 1.165) is 31.5 Å². The van der Waals surface area contributed by atoms with E-state index in [0.29, 0.717) is 12.0 Å². The Bertz CT molecular complexity index is 276. The summed E-state index contributed by atoms with van der Waals surface area (Å²) in [7, 11) is 2.10. The molecular formula is C17H34N2O. The SMILES string of the molecule is CNCC1(CN(CCCO)C2CCC2)CCCC(C)C1. The van der Waals surface area contributed by atoms with Crippen molar-refractivity contribution in [1.29, 1.82) is 0 Å². The first-order valence-corrected chi connectivity index (χ1v) is 8.68. The molecular weight excluding hydrogens is 248 g/mol. The topological polar surface area (TPSA) is 35.5 Å². The molecule has 2 saturated carbocycles. The van der Waals surface area contributed by atoms with Crippen LogP contribution in [0.5, 0.6) is 0 Å². The average molecular weight is 282 g/mol. The molecule has 2 unspecified atom stereocenters. The standard InChI is InChI=1S/C17H34N2O/c1-15-6-4-9-17(12-15,13-18-2)14-19(10-5-11-20)16-7-3-8-16/h15-16,18,20H,3-14H2,1-2H3. The molecule has 0 heterocycles. The van der Waals surface area contributed by atoms with Crippen LogP contribution >= 0.6 is 0 Å². The molecule has 20 heavy (non-hydrogen) atoms. The van der Waals surface area contributed by atoms with Crippen molar-refractivity contribution in [3.63, 3.8) is 0 Å². The van der Waals surface area contributed by atoms with Gasteiger partial charge in [-0.25, -0.2) is 0 Å². The smallest absolute Gasteiger partial charge is 0.0443 e. The van der Waals surface area contributed by atoms with Gasteiger partial charge in [0.05, 0.1) is 0 Å². The van der Waals surface area contributed by atoms with Gasteiger partial charge < -0.3 is 10.4 Å². The fourth-order valence-electron chi connectivity index (χ4n) is 4.35. The number of aliphatic hydroxyl groups is 1. The van der Waals surface area contributed by atoms with E-state index in [2.05, 4.69) is 24.2 Å². The number of rotatable bonds is 8. The molecule has 0 bridgehead atoms. The van der Waals surface area contributed by atoms with Crippen molar-refractivity contribution in [2.75, 3.05) is 33.3 Å². The van der Waals surface area contributed by atoms with Gasteiger partial charge in [0, 0.05) is 32.3 Å². The van der Waals surface area contributed by atoms with Crippen molar-refractivity contribution < 1.29 is 5.11 Å². The first kappa shape index (κ1) is 16.3. The maximum absolute atomic E-state index is 9.16. The highest BCUT2D eigenvalue weighted by atomic mass is 16.3. The van der Waals surface area contributed by atoms with Crippen molar-refractivity contribution in [3.05, 3.63) is 0 Å². The minimum atomic E-state index is 0.332. The van der Waals surface area contributed by atoms with Gasteiger partial charge in [0.25, 0.3) is 0 Å². The lowest BCUT2D eigenvalue weighted by molar-refractivity contribution is 0.0319. The molecule has 2 rings (SSSR count). The zero-order chi connectivity index (χ0) is 14.4. The van der Waals surface area contributed by atoms with Gasteiger partial charge in [-0.3, -0.25) is 4.90 Å². The average Bonchev–Trinajstić information content (AvgIpc) is 2.34. The van der Waals surface area contributed by atoms with Gasteiger partial charge in [-0.05, 0) is 50.5 Å². The van der Waals surface area contributed by atoms with Gasteiger partial charge in [0.2, 0.25) is 0 Å². The van der Waals surface area contributed by atoms with Crippen molar-refractivity contribution in [2.45, 2.75) is 64.3 Å². The van der Waals surface area contributed by atoms with Crippen LogP contribution in [0.15, 0.2) is 0 Å². The van der Waals surface area contributed by atoms with E-state index < -0.39 is 0 Å². The van der Waals surface area contributed by atoms with Crippen LogP contribution in [0.25, 0.3) is 0 Å². The summed E-state index contributed by atoms with van der Waals surface area (Å²) in [6.45, 7) is 6.23. The molecule has 2 aliphatic carbocycles. The zero-order valence-electron chi connectivity index (χ0n) is 13.5. The van der Waals surface area contributed by atoms with E-state index in [1.54, 1.807) is 0 Å². The quantitative estimate of drug-likeness (QED) is 0.718. The van der Waals surface area contributed by atoms with E-state index in [1.165, 1.54) is 51.5 Å². The van der Waals surface area contributed by atoms with Gasteiger partial charge >= 0.3 is 0 Å². The predicted molar refractivity (Wildman–Crippen MR) is 84.9 cm³/mol. The summed E-state index contributed by atoms with van der Waals surface area (Å²) in [5.74, 6) is 0.873. The summed E-state index contributed by atoms with van der Waals surface area (Å²) in [5, 5.41) is 12.6. The zero-order valence-corrected chi connectivity index (χ0v) is 13.5. The van der Waals surface area contributed by atoms with Crippen molar-refractivity contribution >= 4 is 0 Å². The number of hydrogen-bond acceptors (Lipinski definition) is 3. The van der Waals surface area contributed by atoms with Crippen LogP contribution in [0, 0.1) is 11.3 Å². The van der Waals surface area contributed by atoms with Crippen LogP contribution in [-0.2, 0) is 0 Å². The van der Waals surface area contributed by atoms with E-state index in [-0.39, 0.29) is 0 Å². The highest BCUT2D eigenvalue weighted by Gasteiger charge is 2.38. The maximum Gasteiger partial charge on any atom is 0.0443 e. The summed E-state index contributed by atoms with van der Waals surface area (Å²) >= 11 is 0. The Hall–Kier alpha value is -0.120. The molecule has 0 spiro atoms. The van der Waals surface area contributed by atoms with Crippen LogP contribution in [0.3, 0.4) is 0 Å². The van der Waals surface area contributed by atoms with Gasteiger partial charge in [-0.15, -0.1) is 0 Å². The fraction of sp³-hybridized carbons (Fsp3) is 1.00. The van der Waals surface area contributed by atoms with Crippen LogP contribution in [0.1, 0.15) is 58.3 Å². The third kappa shape index (κ3) is 4.19. The van der Waals surface area contributed by atoms with Crippen molar-refractivity contribution in [3.8, 4) is 0 Å². The number of aliphatic hydroxyl groups excluding tert-OH is 1. The fourth-order valence-corrected chi connectivity index (χ4v) is 4.35. The highest BCUT2D eigenvalue weighted by molar-refractivity contribution is 4.92. The number of nitrogens with zero attached hydrogens (tertiary/aromatic N) is 1. The molecule has 118 valence electrons. The van der Waals surface area contributed by atoms with E-state index in [9.17, 15) is 0 Å². The Kier molecular flexibility index (Phi) is 6.31. The molecule has 0 aromatic rings. The first-order chi connectivity index (χ1) is 9.69. The van der Waals surface area contributed by atoms with Crippen LogP contribution in [0.4, 0.5) is 0 Å². The minimum absolute atomic E-state index is 0.332. The molecule has 0 aromatic heterocycles. The summed E-state index contributed by atoms with van der Waals surface area (Å²) in [5.41, 5.74) is 0.470. The minimum Gasteiger partial charge on any atom is -0.396 e. The molecule has 2 aliphatic rings. The first-order valence-electron chi connectivity index (χ1n) is 8.68. The van der Waals surface area contributed by atoms with Gasteiger partial charge in [-0.2, -0.15) is 0 Å². The van der Waals surface area contributed by atoms with E-state index in [1.807, 2.05) is 0 Å². The van der Waals surface area contributed by atoms with Crippen LogP contribution in [-0.4, -0.2) is 49.3 Å². The normalized spacial score (nSPS) is 31.5. The van der Waals surface area contributed by atoms with Crippen LogP contribution in [0.2, 0.25) is 0 Å². The number of hydrogen-bond donors (Lipinski definition) is 2. The molecule has 0 amide bonds. The Morgan fingerprint density at radius 1 is 1.25 bits per heavy atom. The molecule has 0 radical (unpaired) electrons. The second kappa shape index (κ2) is 7.77. The summed E-state index contributed by atoms with van der Waals surface area (Å²) < 4.78 is 0. The second-order valence-corrected chi connectivity index (χ2v) is 7.36. The van der Waals surface area contributed by atoms with Crippen molar-refractivity contribution in [2.24, 2.45) is 11.3 Å². The maximum atomic E-state index is 9.16. The molecule has 0 aromatic carbocycles. The Morgan fingerprint density at radius 3 is 2.60 bits per heavy atom. The lowest BCUT2D eigenvalue weighted by Gasteiger charge is -2.47. The summed E-state index contributed by atoms with van der Waals surface area (Å²) in [4.78, 5) is 2.70. The second-order valence-electron chi connectivity index (χ2n) is 7.36. The van der Waals surface area contributed by atoms with Crippen LogP contribution < -0.4 is 5.32 Å². The molecule has 2 N–H and O–H groups in total. The van der Waals surface area contributed by atoms with E-state index in [4.69, 9.17) is 5.11 Å². The Morgan fingerprint density at radius 2 is 2.05 bits per heavy atom. The predicted octanol–water partition coefficient (Wildman–Crippen LogP) is 2.64. The van der Waals surface area contributed by atoms with Gasteiger partial charge in [0.15, 0.2) is 0 Å².